The van der Waals surface area contributed by atoms with Crippen molar-refractivity contribution < 1.29 is 4.42 Å². The average Bonchev–Trinajstić information content (AvgIpc) is 3.88. The van der Waals surface area contributed by atoms with Gasteiger partial charge in [-0.25, -0.2) is 15.0 Å². The quantitative estimate of drug-likeness (QED) is 0.161. The van der Waals surface area contributed by atoms with Crippen LogP contribution in [0.3, 0.4) is 0 Å². The van der Waals surface area contributed by atoms with Crippen molar-refractivity contribution in [2.75, 3.05) is 0 Å². The van der Waals surface area contributed by atoms with E-state index in [-0.39, 0.29) is 0 Å². The van der Waals surface area contributed by atoms with Crippen molar-refractivity contribution in [1.82, 2.24) is 19.5 Å². The monoisotopic (exact) mass is 792 g/mol. The van der Waals surface area contributed by atoms with E-state index >= 15 is 0 Å². The van der Waals surface area contributed by atoms with E-state index in [2.05, 4.69) is 174 Å². The fraction of sp³-hybridized carbons (Fsp3) is 0. The highest BCUT2D eigenvalue weighted by molar-refractivity contribution is 6.17. The van der Waals surface area contributed by atoms with Crippen molar-refractivity contribution in [1.29, 1.82) is 0 Å². The molecule has 0 amide bonds. The summed E-state index contributed by atoms with van der Waals surface area (Å²) in [6, 6.07) is 76.4. The van der Waals surface area contributed by atoms with Gasteiger partial charge in [-0.05, 0) is 75.8 Å². The van der Waals surface area contributed by atoms with Gasteiger partial charge in [0, 0.05) is 50.0 Å². The highest BCUT2D eigenvalue weighted by atomic mass is 16.3. The first-order valence-corrected chi connectivity index (χ1v) is 20.8. The second-order valence-corrected chi connectivity index (χ2v) is 15.6. The Morgan fingerprint density at radius 1 is 0.274 bits per heavy atom. The van der Waals surface area contributed by atoms with Crippen LogP contribution in [0.4, 0.5) is 0 Å². The first kappa shape index (κ1) is 35.5. The Balaban J connectivity index is 0.963. The number of hydrogen-bond acceptors (Lipinski definition) is 4. The minimum atomic E-state index is 0.601. The molecule has 290 valence electrons. The Labute approximate surface area is 357 Å². The summed E-state index contributed by atoms with van der Waals surface area (Å²) in [5.41, 5.74) is 14.7. The molecule has 9 aromatic carbocycles. The van der Waals surface area contributed by atoms with Crippen molar-refractivity contribution in [3.05, 3.63) is 218 Å². The van der Waals surface area contributed by atoms with Crippen LogP contribution in [0.5, 0.6) is 0 Å². The largest absolute Gasteiger partial charge is 0.456 e. The molecule has 0 saturated carbocycles. The number of para-hydroxylation sites is 1. The van der Waals surface area contributed by atoms with E-state index in [1.807, 2.05) is 48.5 Å². The zero-order chi connectivity index (χ0) is 41.0. The lowest BCUT2D eigenvalue weighted by molar-refractivity contribution is 0.669. The van der Waals surface area contributed by atoms with E-state index in [1.165, 1.54) is 22.1 Å². The van der Waals surface area contributed by atoms with Crippen LogP contribution in [0.2, 0.25) is 0 Å². The summed E-state index contributed by atoms with van der Waals surface area (Å²) in [7, 11) is 0. The molecule has 0 aliphatic rings. The number of fused-ring (bicyclic) bond motifs is 6. The molecule has 3 aromatic heterocycles. The summed E-state index contributed by atoms with van der Waals surface area (Å²) >= 11 is 0. The summed E-state index contributed by atoms with van der Waals surface area (Å²) in [5.74, 6) is 1.84. The molecule has 0 unspecified atom stereocenters. The molecule has 0 radical (unpaired) electrons. The van der Waals surface area contributed by atoms with Gasteiger partial charge >= 0.3 is 0 Å². The van der Waals surface area contributed by atoms with Crippen LogP contribution < -0.4 is 0 Å². The van der Waals surface area contributed by atoms with Gasteiger partial charge in [0.25, 0.3) is 0 Å². The van der Waals surface area contributed by atoms with Crippen LogP contribution in [0, 0.1) is 0 Å². The normalized spacial score (nSPS) is 11.5. The van der Waals surface area contributed by atoms with Crippen molar-refractivity contribution in [2.24, 2.45) is 0 Å². The fourth-order valence-corrected chi connectivity index (χ4v) is 8.76. The van der Waals surface area contributed by atoms with Crippen molar-refractivity contribution in [2.45, 2.75) is 0 Å². The van der Waals surface area contributed by atoms with E-state index in [9.17, 15) is 0 Å². The Hall–Kier alpha value is -8.41. The van der Waals surface area contributed by atoms with Gasteiger partial charge in [0.15, 0.2) is 17.5 Å². The second kappa shape index (κ2) is 14.7. The molecule has 5 heteroatoms. The molecular formula is C57H36N4O. The molecule has 12 aromatic rings. The Kier molecular flexibility index (Phi) is 8.42. The van der Waals surface area contributed by atoms with Crippen molar-refractivity contribution >= 4 is 43.7 Å². The number of nitrogens with zero attached hydrogens (tertiary/aromatic N) is 4. The van der Waals surface area contributed by atoms with Gasteiger partial charge in [0.05, 0.1) is 11.0 Å². The molecule has 0 bridgehead atoms. The van der Waals surface area contributed by atoms with E-state index in [0.717, 1.165) is 77.4 Å². The minimum absolute atomic E-state index is 0.601. The number of benzene rings is 9. The lowest BCUT2D eigenvalue weighted by Gasteiger charge is -2.11. The third-order valence-electron chi connectivity index (χ3n) is 11.9. The van der Waals surface area contributed by atoms with Gasteiger partial charge < -0.3 is 8.98 Å². The summed E-state index contributed by atoms with van der Waals surface area (Å²) in [6.07, 6.45) is 0. The first-order valence-electron chi connectivity index (χ1n) is 20.8. The topological polar surface area (TPSA) is 56.7 Å². The Morgan fingerprint density at radius 2 is 0.742 bits per heavy atom. The number of rotatable bonds is 7. The first-order chi connectivity index (χ1) is 30.7. The molecule has 0 N–H and O–H groups in total. The van der Waals surface area contributed by atoms with Gasteiger partial charge in [-0.3, -0.25) is 0 Å². The molecule has 5 nitrogen and oxygen atoms in total. The Bertz CT molecular complexity index is 3590. The zero-order valence-electron chi connectivity index (χ0n) is 33.5. The van der Waals surface area contributed by atoms with Crippen LogP contribution >= 0.6 is 0 Å². The highest BCUT2D eigenvalue weighted by Gasteiger charge is 2.19. The summed E-state index contributed by atoms with van der Waals surface area (Å²) in [5, 5.41) is 4.39. The predicted octanol–water partition coefficient (Wildman–Crippen LogP) is 14.9. The lowest BCUT2D eigenvalue weighted by atomic mass is 10.00. The fourth-order valence-electron chi connectivity index (χ4n) is 8.76. The van der Waals surface area contributed by atoms with Crippen LogP contribution in [0.25, 0.3) is 117 Å². The second-order valence-electron chi connectivity index (χ2n) is 15.6. The van der Waals surface area contributed by atoms with Crippen LogP contribution in [0.15, 0.2) is 223 Å². The molecule has 0 fully saturated rings. The van der Waals surface area contributed by atoms with Gasteiger partial charge in [-0.15, -0.1) is 0 Å². The molecule has 12 rings (SSSR count). The van der Waals surface area contributed by atoms with E-state index in [1.54, 1.807) is 0 Å². The molecule has 0 aliphatic carbocycles. The number of aromatic nitrogens is 4. The maximum absolute atomic E-state index is 6.65. The molecule has 0 atom stereocenters. The minimum Gasteiger partial charge on any atom is -0.456 e. The van der Waals surface area contributed by atoms with Crippen LogP contribution in [-0.2, 0) is 0 Å². The third kappa shape index (κ3) is 6.23. The van der Waals surface area contributed by atoms with Crippen molar-refractivity contribution in [3.63, 3.8) is 0 Å². The van der Waals surface area contributed by atoms with Crippen molar-refractivity contribution in [3.8, 4) is 73.2 Å². The summed E-state index contributed by atoms with van der Waals surface area (Å²) in [4.78, 5) is 15.1. The molecular weight excluding hydrogens is 757 g/mol. The van der Waals surface area contributed by atoms with E-state index in [0.29, 0.717) is 17.5 Å². The summed E-state index contributed by atoms with van der Waals surface area (Å²) < 4.78 is 9.00. The van der Waals surface area contributed by atoms with E-state index < -0.39 is 0 Å². The predicted molar refractivity (Wildman–Crippen MR) is 254 cm³/mol. The summed E-state index contributed by atoms with van der Waals surface area (Å²) in [6.45, 7) is 0. The van der Waals surface area contributed by atoms with Crippen LogP contribution in [0.1, 0.15) is 0 Å². The van der Waals surface area contributed by atoms with Gasteiger partial charge in [-0.2, -0.15) is 0 Å². The standard InChI is InChI=1S/C57H36N4O/c1-4-13-37(14-5-1)39-23-25-41(26-24-39)44-19-12-20-46(33-44)61-51-22-11-10-21-47(51)48-35-50-49-34-45(31-32-53(49)62-54(50)36-52(48)61)57-59-55(42-17-8-3-9-18-42)58-56(60-57)43-29-27-40(28-30-43)38-15-6-2-7-16-38/h1-36H. The smallest absolute Gasteiger partial charge is 0.164 e. The molecule has 3 heterocycles. The Morgan fingerprint density at radius 3 is 1.39 bits per heavy atom. The maximum atomic E-state index is 6.65. The molecule has 0 saturated heterocycles. The number of hydrogen-bond donors (Lipinski definition) is 0. The third-order valence-corrected chi connectivity index (χ3v) is 11.9. The maximum Gasteiger partial charge on any atom is 0.164 e. The van der Waals surface area contributed by atoms with E-state index in [4.69, 9.17) is 19.4 Å². The van der Waals surface area contributed by atoms with Crippen LogP contribution in [-0.4, -0.2) is 19.5 Å². The van der Waals surface area contributed by atoms with Gasteiger partial charge in [-0.1, -0.05) is 170 Å². The zero-order valence-corrected chi connectivity index (χ0v) is 33.5. The van der Waals surface area contributed by atoms with Gasteiger partial charge in [0.1, 0.15) is 11.2 Å². The molecule has 62 heavy (non-hydrogen) atoms. The molecule has 0 aliphatic heterocycles. The van der Waals surface area contributed by atoms with Gasteiger partial charge in [0.2, 0.25) is 0 Å². The molecule has 0 spiro atoms. The highest BCUT2D eigenvalue weighted by Crippen LogP contribution is 2.40. The SMILES string of the molecule is c1ccc(-c2ccc(-c3cccc(-n4c5ccccc5c5cc6c(cc54)oc4ccc(-c5nc(-c7ccccc7)nc(-c7ccc(-c8ccccc8)cc7)n5)cc46)c3)cc2)cc1. The number of furan rings is 1. The lowest BCUT2D eigenvalue weighted by Crippen LogP contribution is -2.00. The average molecular weight is 793 g/mol.